The third kappa shape index (κ3) is 4.73. The summed E-state index contributed by atoms with van der Waals surface area (Å²) in [5, 5.41) is 20.4. The van der Waals surface area contributed by atoms with Gasteiger partial charge in [-0.1, -0.05) is 13.8 Å². The molecule has 3 bridgehead atoms. The van der Waals surface area contributed by atoms with Gasteiger partial charge in [0.2, 0.25) is 6.29 Å². The number of hydrogen-bond acceptors (Lipinski definition) is 11. The zero-order valence-corrected chi connectivity index (χ0v) is 24.8. The fraction of sp³-hybridized carbons (Fsp3) is 0.800. The molecule has 228 valence electrons. The molecule has 2 heterocycles. The van der Waals surface area contributed by atoms with Crippen LogP contribution in [0, 0.1) is 34.5 Å². The summed E-state index contributed by atoms with van der Waals surface area (Å²) in [4.78, 5) is 52.4. The summed E-state index contributed by atoms with van der Waals surface area (Å²) in [5.41, 5.74) is -3.92. The van der Waals surface area contributed by atoms with Gasteiger partial charge >= 0.3 is 23.9 Å². The zero-order valence-electron chi connectivity index (χ0n) is 24.8. The first-order valence-corrected chi connectivity index (χ1v) is 14.5. The number of fused-ring (bicyclic) bond motifs is 3. The van der Waals surface area contributed by atoms with Gasteiger partial charge in [0.15, 0.2) is 6.10 Å². The Bertz CT molecular complexity index is 1160. The van der Waals surface area contributed by atoms with Crippen molar-refractivity contribution in [2.75, 3.05) is 0 Å². The minimum atomic E-state index is -1.30. The quantitative estimate of drug-likeness (QED) is 0.306. The molecule has 11 heteroatoms. The molecule has 3 aliphatic carbocycles. The van der Waals surface area contributed by atoms with Crippen LogP contribution in [0.1, 0.15) is 80.6 Å². The first-order valence-electron chi connectivity index (χ1n) is 14.5. The zero-order chi connectivity index (χ0) is 30.3. The van der Waals surface area contributed by atoms with Gasteiger partial charge in [-0.2, -0.15) is 0 Å². The molecule has 2 N–H and O–H groups in total. The van der Waals surface area contributed by atoms with Crippen molar-refractivity contribution in [2.24, 2.45) is 34.5 Å². The van der Waals surface area contributed by atoms with E-state index >= 15 is 0 Å². The summed E-state index contributed by atoms with van der Waals surface area (Å²) in [6, 6.07) is 0. The van der Waals surface area contributed by atoms with Gasteiger partial charge in [0.25, 0.3) is 0 Å². The largest absolute Gasteiger partial charge is 0.462 e. The predicted molar refractivity (Wildman–Crippen MR) is 140 cm³/mol. The molecule has 11 nitrogen and oxygen atoms in total. The number of carbonyl (C=O) groups is 4. The molecule has 41 heavy (non-hydrogen) atoms. The maximum Gasteiger partial charge on any atom is 0.313 e. The van der Waals surface area contributed by atoms with E-state index < -0.39 is 88.3 Å². The lowest BCUT2D eigenvalue weighted by atomic mass is 9.61. The van der Waals surface area contributed by atoms with E-state index in [1.165, 1.54) is 34.0 Å². The van der Waals surface area contributed by atoms with Crippen LogP contribution in [0.4, 0.5) is 0 Å². The van der Waals surface area contributed by atoms with Crippen LogP contribution >= 0.6 is 0 Å². The Balaban J connectivity index is 1.56. The predicted octanol–water partition coefficient (Wildman–Crippen LogP) is 2.55. The molecule has 1 spiro atoms. The molecular formula is C30H42O11. The van der Waals surface area contributed by atoms with Gasteiger partial charge in [-0.25, -0.2) is 0 Å². The van der Waals surface area contributed by atoms with E-state index in [1.54, 1.807) is 13.8 Å². The van der Waals surface area contributed by atoms with Crippen LogP contribution in [0.2, 0.25) is 0 Å². The first-order chi connectivity index (χ1) is 18.9. The molecule has 3 saturated carbocycles. The van der Waals surface area contributed by atoms with E-state index in [9.17, 15) is 29.4 Å². The molecule has 0 unspecified atom stereocenters. The van der Waals surface area contributed by atoms with E-state index in [0.29, 0.717) is 18.4 Å². The van der Waals surface area contributed by atoms with Gasteiger partial charge in [-0.15, -0.1) is 0 Å². The number of ether oxygens (including phenoxy) is 5. The highest BCUT2D eigenvalue weighted by atomic mass is 16.7. The third-order valence-corrected chi connectivity index (χ3v) is 9.87. The lowest BCUT2D eigenvalue weighted by Crippen LogP contribution is -2.59. The summed E-state index contributed by atoms with van der Waals surface area (Å²) in [6.45, 7) is 11.5. The highest BCUT2D eigenvalue weighted by Gasteiger charge is 2.83. The van der Waals surface area contributed by atoms with Crippen molar-refractivity contribution in [3.05, 3.63) is 11.8 Å². The number of hydrogen-bond donors (Lipinski definition) is 2. The highest BCUT2D eigenvalue weighted by molar-refractivity contribution is 5.83. The van der Waals surface area contributed by atoms with E-state index in [0.717, 1.165) is 0 Å². The smallest absolute Gasteiger partial charge is 0.313 e. The summed E-state index contributed by atoms with van der Waals surface area (Å²) < 4.78 is 29.8. The molecule has 0 radical (unpaired) electrons. The molecule has 5 rings (SSSR count). The van der Waals surface area contributed by atoms with E-state index in [-0.39, 0.29) is 25.2 Å². The van der Waals surface area contributed by atoms with Crippen molar-refractivity contribution in [1.82, 2.24) is 0 Å². The topological polar surface area (TPSA) is 155 Å². The van der Waals surface area contributed by atoms with Gasteiger partial charge in [-0.3, -0.25) is 19.2 Å². The lowest BCUT2D eigenvalue weighted by molar-refractivity contribution is -0.214. The second kappa shape index (κ2) is 9.69. The standard InChI is InChI=1S/C30H42O11/c1-8-14(2)24(33)41-25-15-9-18(38-19(31)11-27(3,4)35)23-29(7)16-10-30(15,23)17(13-37-25)22(40-26(29)34)21(16)39-20(32)12-28(5,6)36/h13-16,18,21-23,25,35-36H,8-12H2,1-7H3/t14-,15+,16-,18+,21-,22+,23-,25-,29+,30-/m1/s1. The van der Waals surface area contributed by atoms with Crippen molar-refractivity contribution < 1.29 is 53.1 Å². The molecular weight excluding hydrogens is 536 g/mol. The summed E-state index contributed by atoms with van der Waals surface area (Å²) in [6.07, 6.45) is -1.22. The molecule has 0 amide bonds. The highest BCUT2D eigenvalue weighted by Crippen LogP contribution is 2.77. The van der Waals surface area contributed by atoms with E-state index in [2.05, 4.69) is 0 Å². The van der Waals surface area contributed by atoms with E-state index in [1.807, 2.05) is 6.92 Å². The number of carbonyl (C=O) groups excluding carboxylic acids is 4. The number of rotatable bonds is 9. The Morgan fingerprint density at radius 2 is 1.66 bits per heavy atom. The van der Waals surface area contributed by atoms with Crippen LogP contribution in [-0.4, -0.2) is 69.9 Å². The average molecular weight is 579 g/mol. The average Bonchev–Trinajstić information content (AvgIpc) is 3.24. The molecule has 0 aromatic rings. The Labute approximate surface area is 239 Å². The summed E-state index contributed by atoms with van der Waals surface area (Å²) in [7, 11) is 0. The van der Waals surface area contributed by atoms with Crippen LogP contribution in [0.3, 0.4) is 0 Å². The lowest BCUT2D eigenvalue weighted by Gasteiger charge is -2.51. The van der Waals surface area contributed by atoms with Crippen molar-refractivity contribution in [2.45, 2.75) is 116 Å². The summed E-state index contributed by atoms with van der Waals surface area (Å²) >= 11 is 0. The monoisotopic (exact) mass is 578 g/mol. The maximum atomic E-state index is 13.7. The third-order valence-electron chi connectivity index (χ3n) is 9.87. The SMILES string of the molecule is CC[C@@H](C)C(=O)O[C@H]1OC=C2[C@@H]3OC(=O)[C@@]4(C)[C@H](C[C@]25[C@@H]4[C@@H](OC(=O)CC(C)(C)O)C[C@@H]15)[C@H]3OC(=O)CC(C)(C)O. The fourth-order valence-electron chi connectivity index (χ4n) is 8.08. The Hall–Kier alpha value is -2.66. The Morgan fingerprint density at radius 1 is 1.05 bits per heavy atom. The number of esters is 4. The van der Waals surface area contributed by atoms with Crippen LogP contribution < -0.4 is 0 Å². The van der Waals surface area contributed by atoms with Crippen molar-refractivity contribution >= 4 is 23.9 Å². The molecule has 4 fully saturated rings. The van der Waals surface area contributed by atoms with Crippen LogP contribution in [0.15, 0.2) is 11.8 Å². The molecule has 2 aliphatic heterocycles. The van der Waals surface area contributed by atoms with Crippen LogP contribution in [0.25, 0.3) is 0 Å². The molecule has 0 aromatic carbocycles. The van der Waals surface area contributed by atoms with E-state index in [4.69, 9.17) is 23.7 Å². The van der Waals surface area contributed by atoms with Gasteiger partial charge in [0, 0.05) is 28.7 Å². The second-order valence-electron chi connectivity index (χ2n) is 14.1. The molecule has 1 saturated heterocycles. The van der Waals surface area contributed by atoms with Crippen LogP contribution in [-0.2, 0) is 42.9 Å². The fourth-order valence-corrected chi connectivity index (χ4v) is 8.08. The second-order valence-corrected chi connectivity index (χ2v) is 14.1. The molecule has 10 atom stereocenters. The minimum Gasteiger partial charge on any atom is -0.462 e. The normalized spacial score (nSPS) is 39.2. The number of aliphatic hydroxyl groups is 2. The summed E-state index contributed by atoms with van der Waals surface area (Å²) in [5.74, 6) is -3.95. The van der Waals surface area contributed by atoms with Gasteiger partial charge in [0.05, 0.1) is 41.6 Å². The van der Waals surface area contributed by atoms with Crippen LogP contribution in [0.5, 0.6) is 0 Å². The van der Waals surface area contributed by atoms with Gasteiger partial charge < -0.3 is 33.9 Å². The van der Waals surface area contributed by atoms with Gasteiger partial charge in [0.1, 0.15) is 12.2 Å². The molecule has 0 aromatic heterocycles. The minimum absolute atomic E-state index is 0.245. The molecule has 5 aliphatic rings. The van der Waals surface area contributed by atoms with Crippen molar-refractivity contribution in [1.29, 1.82) is 0 Å². The van der Waals surface area contributed by atoms with Crippen molar-refractivity contribution in [3.63, 3.8) is 0 Å². The van der Waals surface area contributed by atoms with Gasteiger partial charge in [-0.05, 0) is 53.9 Å². The first kappa shape index (κ1) is 29.8. The Morgan fingerprint density at radius 3 is 2.24 bits per heavy atom. The maximum absolute atomic E-state index is 13.7. The Kier molecular flexibility index (Phi) is 7.05. The van der Waals surface area contributed by atoms with Crippen molar-refractivity contribution in [3.8, 4) is 0 Å².